The molecule has 1 aromatic carbocycles. The van der Waals surface area contributed by atoms with Crippen molar-refractivity contribution in [3.63, 3.8) is 0 Å². The maximum Gasteiger partial charge on any atom is 0.221 e. The lowest BCUT2D eigenvalue weighted by Gasteiger charge is -2.01. The summed E-state index contributed by atoms with van der Waals surface area (Å²) in [5, 5.41) is 8.87. The summed E-state index contributed by atoms with van der Waals surface area (Å²) in [6, 6.07) is 5.42. The number of nitrogens with two attached hydrogens (primary N) is 1. The largest absolute Gasteiger partial charge is 0.508 e. The first-order chi connectivity index (χ1) is 5.24. The minimum atomic E-state index is -0.712. The molecule has 1 aromatic rings. The van der Waals surface area contributed by atoms with Crippen molar-refractivity contribution in [2.45, 2.75) is 6.04 Å². The quantitative estimate of drug-likeness (QED) is 0.645. The van der Waals surface area contributed by atoms with Crippen molar-refractivity contribution < 1.29 is 9.90 Å². The van der Waals surface area contributed by atoms with Crippen LogP contribution in [0.5, 0.6) is 5.75 Å². The van der Waals surface area contributed by atoms with Crippen LogP contribution < -0.4 is 5.73 Å². The Kier molecular flexibility index (Phi) is 2.23. The molecule has 3 heteroatoms. The Morgan fingerprint density at radius 3 is 2.36 bits per heavy atom. The molecule has 1 rings (SSSR count). The molecule has 0 aliphatic rings. The standard InChI is InChI=1S/C8H8NO2/c9-8(5-10)6-1-3-7(11)4-2-6/h1-4,8,11H,9H2/t8-/m1/s1. The molecular formula is C8H8NO2. The zero-order valence-corrected chi connectivity index (χ0v) is 5.82. The summed E-state index contributed by atoms with van der Waals surface area (Å²) >= 11 is 0. The SMILES string of the molecule is N[C@H]([C]=O)c1ccc(O)cc1. The summed E-state index contributed by atoms with van der Waals surface area (Å²) in [6.07, 6.45) is 1.65. The van der Waals surface area contributed by atoms with Gasteiger partial charge in [-0.25, -0.2) is 0 Å². The molecule has 1 radical (unpaired) electrons. The molecule has 0 amide bonds. The number of carbonyl (C=O) groups excluding carboxylic acids is 1. The van der Waals surface area contributed by atoms with Crippen LogP contribution in [0.3, 0.4) is 0 Å². The van der Waals surface area contributed by atoms with Gasteiger partial charge in [-0.1, -0.05) is 12.1 Å². The predicted octanol–water partition coefficient (Wildman–Crippen LogP) is 0.502. The number of hydrogen-bond acceptors (Lipinski definition) is 3. The average Bonchev–Trinajstić information content (AvgIpc) is 2.05. The minimum absolute atomic E-state index is 0.159. The third-order valence-electron chi connectivity index (χ3n) is 1.38. The molecule has 0 bridgehead atoms. The molecule has 0 heterocycles. The maximum absolute atomic E-state index is 10.1. The van der Waals surface area contributed by atoms with Gasteiger partial charge in [-0.15, -0.1) is 0 Å². The van der Waals surface area contributed by atoms with Crippen LogP contribution in [-0.2, 0) is 4.79 Å². The Labute approximate surface area is 64.5 Å². The van der Waals surface area contributed by atoms with Crippen LogP contribution >= 0.6 is 0 Å². The lowest BCUT2D eigenvalue weighted by molar-refractivity contribution is 0.475. The third-order valence-corrected chi connectivity index (χ3v) is 1.38. The van der Waals surface area contributed by atoms with Crippen molar-refractivity contribution in [3.8, 4) is 5.75 Å². The van der Waals surface area contributed by atoms with Crippen LogP contribution in [-0.4, -0.2) is 11.4 Å². The van der Waals surface area contributed by atoms with E-state index in [1.807, 2.05) is 0 Å². The smallest absolute Gasteiger partial charge is 0.221 e. The van der Waals surface area contributed by atoms with Gasteiger partial charge in [0.05, 0.1) is 6.04 Å². The minimum Gasteiger partial charge on any atom is -0.508 e. The third kappa shape index (κ3) is 1.78. The lowest BCUT2D eigenvalue weighted by atomic mass is 10.1. The lowest BCUT2D eigenvalue weighted by Crippen LogP contribution is -2.10. The van der Waals surface area contributed by atoms with E-state index in [2.05, 4.69) is 0 Å². The molecule has 3 N–H and O–H groups in total. The van der Waals surface area contributed by atoms with Gasteiger partial charge < -0.3 is 10.8 Å². The van der Waals surface area contributed by atoms with Gasteiger partial charge >= 0.3 is 0 Å². The van der Waals surface area contributed by atoms with Gasteiger partial charge in [0.15, 0.2) is 0 Å². The first kappa shape index (κ1) is 7.75. The van der Waals surface area contributed by atoms with Crippen LogP contribution in [0.15, 0.2) is 24.3 Å². The Bertz CT molecular complexity index is 243. The molecule has 0 saturated carbocycles. The highest BCUT2D eigenvalue weighted by molar-refractivity contribution is 5.61. The number of benzene rings is 1. The van der Waals surface area contributed by atoms with Crippen LogP contribution in [0.2, 0.25) is 0 Å². The highest BCUT2D eigenvalue weighted by Crippen LogP contribution is 2.13. The van der Waals surface area contributed by atoms with Gasteiger partial charge in [-0.05, 0) is 17.7 Å². The zero-order valence-electron chi connectivity index (χ0n) is 5.82. The number of phenols is 1. The number of hydrogen-bond donors (Lipinski definition) is 2. The van der Waals surface area contributed by atoms with Gasteiger partial charge in [-0.3, -0.25) is 4.79 Å². The Balaban J connectivity index is 2.89. The predicted molar refractivity (Wildman–Crippen MR) is 40.7 cm³/mol. The van der Waals surface area contributed by atoms with Crippen molar-refractivity contribution in [1.82, 2.24) is 0 Å². The second-order valence-corrected chi connectivity index (χ2v) is 2.19. The van der Waals surface area contributed by atoms with Crippen molar-refractivity contribution in [2.24, 2.45) is 5.73 Å². The van der Waals surface area contributed by atoms with Gasteiger partial charge in [-0.2, -0.15) is 0 Å². The van der Waals surface area contributed by atoms with Crippen LogP contribution in [0.1, 0.15) is 11.6 Å². The first-order valence-electron chi connectivity index (χ1n) is 3.16. The molecule has 0 fully saturated rings. The summed E-state index contributed by atoms with van der Waals surface area (Å²) in [5.74, 6) is 0.159. The van der Waals surface area contributed by atoms with Gasteiger partial charge in [0.1, 0.15) is 5.75 Å². The van der Waals surface area contributed by atoms with Gasteiger partial charge in [0.25, 0.3) is 0 Å². The molecule has 0 aliphatic carbocycles. The molecule has 0 unspecified atom stereocenters. The maximum atomic E-state index is 10.1. The molecule has 0 aromatic heterocycles. The summed E-state index contributed by atoms with van der Waals surface area (Å²) in [7, 11) is 0. The van der Waals surface area contributed by atoms with Crippen molar-refractivity contribution in [2.75, 3.05) is 0 Å². The van der Waals surface area contributed by atoms with Gasteiger partial charge in [0, 0.05) is 0 Å². The fourth-order valence-corrected chi connectivity index (χ4v) is 0.750. The van der Waals surface area contributed by atoms with E-state index in [1.165, 1.54) is 12.1 Å². The van der Waals surface area contributed by atoms with E-state index >= 15 is 0 Å². The number of rotatable bonds is 2. The fourth-order valence-electron chi connectivity index (χ4n) is 0.750. The first-order valence-corrected chi connectivity index (χ1v) is 3.16. The Morgan fingerprint density at radius 1 is 1.36 bits per heavy atom. The Hall–Kier alpha value is -1.35. The second-order valence-electron chi connectivity index (χ2n) is 2.19. The Morgan fingerprint density at radius 2 is 1.91 bits per heavy atom. The highest BCUT2D eigenvalue weighted by Gasteiger charge is 2.03. The summed E-state index contributed by atoms with van der Waals surface area (Å²) in [4.78, 5) is 10.1. The molecule has 0 spiro atoms. The molecule has 3 nitrogen and oxygen atoms in total. The highest BCUT2D eigenvalue weighted by atomic mass is 16.3. The van der Waals surface area contributed by atoms with Crippen molar-refractivity contribution in [3.05, 3.63) is 29.8 Å². The molecule has 57 valence electrons. The van der Waals surface area contributed by atoms with E-state index < -0.39 is 6.04 Å². The zero-order chi connectivity index (χ0) is 8.27. The fraction of sp³-hybridized carbons (Fsp3) is 0.125. The van der Waals surface area contributed by atoms with Crippen molar-refractivity contribution in [1.29, 1.82) is 0 Å². The molecule has 11 heavy (non-hydrogen) atoms. The number of phenolic OH excluding ortho intramolecular Hbond substituents is 1. The molecule has 0 saturated heterocycles. The molecule has 0 aliphatic heterocycles. The number of aromatic hydroxyl groups is 1. The van der Waals surface area contributed by atoms with Gasteiger partial charge in [0.2, 0.25) is 6.29 Å². The van der Waals surface area contributed by atoms with E-state index in [0.717, 1.165) is 0 Å². The van der Waals surface area contributed by atoms with Crippen LogP contribution in [0, 0.1) is 0 Å². The summed E-state index contributed by atoms with van der Waals surface area (Å²) in [6.45, 7) is 0. The second kappa shape index (κ2) is 3.16. The monoisotopic (exact) mass is 150 g/mol. The van der Waals surface area contributed by atoms with E-state index in [-0.39, 0.29) is 5.75 Å². The van der Waals surface area contributed by atoms with E-state index in [0.29, 0.717) is 5.56 Å². The summed E-state index contributed by atoms with van der Waals surface area (Å²) < 4.78 is 0. The summed E-state index contributed by atoms with van der Waals surface area (Å²) in [5.41, 5.74) is 5.99. The van der Waals surface area contributed by atoms with E-state index in [4.69, 9.17) is 10.8 Å². The topological polar surface area (TPSA) is 63.3 Å². The van der Waals surface area contributed by atoms with E-state index in [9.17, 15) is 4.79 Å². The van der Waals surface area contributed by atoms with Crippen LogP contribution in [0.25, 0.3) is 0 Å². The molecule has 1 atom stereocenters. The normalized spacial score (nSPS) is 12.5. The van der Waals surface area contributed by atoms with Crippen LogP contribution in [0.4, 0.5) is 0 Å². The van der Waals surface area contributed by atoms with E-state index in [1.54, 1.807) is 18.4 Å². The van der Waals surface area contributed by atoms with Crippen molar-refractivity contribution >= 4 is 6.29 Å². The average molecular weight is 150 g/mol. The molecular weight excluding hydrogens is 142 g/mol.